The lowest BCUT2D eigenvalue weighted by molar-refractivity contribution is 0.415. The summed E-state index contributed by atoms with van der Waals surface area (Å²) in [5.74, 6) is 1.38. The maximum absolute atomic E-state index is 5.17. The Morgan fingerprint density at radius 2 is 1.58 bits per heavy atom. The normalized spacial score (nSPS) is 11.3. The van der Waals surface area contributed by atoms with Gasteiger partial charge in [-0.2, -0.15) is 0 Å². The zero-order chi connectivity index (χ0) is 17.8. The molecule has 0 spiro atoms. The minimum atomic E-state index is 0.589. The topological polar surface area (TPSA) is 51.8 Å². The molecule has 5 heteroatoms. The Hall–Kier alpha value is -3.47. The number of rotatable bonds is 5. The molecule has 1 aromatic heterocycles. The maximum Gasteiger partial charge on any atom is 0.250 e. The van der Waals surface area contributed by atoms with Crippen molar-refractivity contribution in [3.05, 3.63) is 84.4 Å². The fourth-order valence-corrected chi connectivity index (χ4v) is 2.81. The highest BCUT2D eigenvalue weighted by Gasteiger charge is 2.10. The van der Waals surface area contributed by atoms with Crippen molar-refractivity contribution in [1.82, 2.24) is 9.55 Å². The molecule has 0 saturated carbocycles. The van der Waals surface area contributed by atoms with E-state index in [2.05, 4.69) is 38.0 Å². The minimum absolute atomic E-state index is 0.589. The molecule has 0 fully saturated rings. The van der Waals surface area contributed by atoms with Crippen molar-refractivity contribution < 1.29 is 4.74 Å². The first-order valence-corrected chi connectivity index (χ1v) is 8.38. The first-order chi connectivity index (χ1) is 12.8. The molecule has 0 aliphatic rings. The lowest BCUT2D eigenvalue weighted by Gasteiger charge is -2.06. The van der Waals surface area contributed by atoms with Crippen molar-refractivity contribution in [3.8, 4) is 5.75 Å². The fraction of sp³-hybridized carbons (Fsp3) is 0.0952. The van der Waals surface area contributed by atoms with Crippen LogP contribution in [0.2, 0.25) is 0 Å². The van der Waals surface area contributed by atoms with Gasteiger partial charge in [0.05, 0.1) is 30.4 Å². The third-order valence-corrected chi connectivity index (χ3v) is 4.15. The number of hydrogen-bond acceptors (Lipinski definition) is 4. The molecule has 128 valence electrons. The summed E-state index contributed by atoms with van der Waals surface area (Å²) in [6, 6.07) is 25.8. The molecule has 4 aromatic rings. The van der Waals surface area contributed by atoms with Crippen molar-refractivity contribution in [2.75, 3.05) is 7.11 Å². The van der Waals surface area contributed by atoms with Gasteiger partial charge in [0.15, 0.2) is 0 Å². The average Bonchev–Trinajstić information content (AvgIpc) is 3.05. The third-order valence-electron chi connectivity index (χ3n) is 4.15. The van der Waals surface area contributed by atoms with E-state index in [0.717, 1.165) is 22.5 Å². The zero-order valence-corrected chi connectivity index (χ0v) is 14.4. The molecular formula is C21H18N4O. The number of benzene rings is 3. The summed E-state index contributed by atoms with van der Waals surface area (Å²) in [6.07, 6.45) is 0. The number of nitrogens with zero attached hydrogens (tertiary/aromatic N) is 4. The van der Waals surface area contributed by atoms with Crippen molar-refractivity contribution in [3.63, 3.8) is 0 Å². The second kappa shape index (κ2) is 7.19. The molecule has 0 amide bonds. The summed E-state index contributed by atoms with van der Waals surface area (Å²) < 4.78 is 7.25. The summed E-state index contributed by atoms with van der Waals surface area (Å²) in [6.45, 7) is 0.693. The van der Waals surface area contributed by atoms with Crippen molar-refractivity contribution >= 4 is 22.7 Å². The highest BCUT2D eigenvalue weighted by Crippen LogP contribution is 2.25. The lowest BCUT2D eigenvalue weighted by Crippen LogP contribution is -1.98. The van der Waals surface area contributed by atoms with Crippen LogP contribution in [0.5, 0.6) is 5.75 Å². The molecule has 0 aliphatic heterocycles. The molecule has 3 aromatic carbocycles. The van der Waals surface area contributed by atoms with Crippen LogP contribution in [0, 0.1) is 0 Å². The molecule has 0 unspecified atom stereocenters. The second-order valence-electron chi connectivity index (χ2n) is 5.87. The number of azo groups is 1. The molecule has 0 radical (unpaired) electrons. The first kappa shape index (κ1) is 16.0. The molecule has 5 nitrogen and oxygen atoms in total. The van der Waals surface area contributed by atoms with Crippen LogP contribution < -0.4 is 4.74 Å². The van der Waals surface area contributed by atoms with E-state index in [1.165, 1.54) is 5.56 Å². The van der Waals surface area contributed by atoms with Gasteiger partial charge in [0, 0.05) is 0 Å². The Bertz CT molecular complexity index is 1040. The van der Waals surface area contributed by atoms with E-state index in [-0.39, 0.29) is 0 Å². The van der Waals surface area contributed by atoms with Gasteiger partial charge in [0.2, 0.25) is 0 Å². The van der Waals surface area contributed by atoms with Gasteiger partial charge in [-0.05, 0) is 42.0 Å². The van der Waals surface area contributed by atoms with Crippen molar-refractivity contribution in [1.29, 1.82) is 0 Å². The van der Waals surface area contributed by atoms with Gasteiger partial charge in [-0.25, -0.2) is 4.98 Å². The van der Waals surface area contributed by atoms with E-state index in [4.69, 9.17) is 4.74 Å². The lowest BCUT2D eigenvalue weighted by atomic mass is 10.2. The Morgan fingerprint density at radius 1 is 0.846 bits per heavy atom. The smallest absolute Gasteiger partial charge is 0.250 e. The molecule has 1 heterocycles. The molecule has 0 N–H and O–H groups in total. The third kappa shape index (κ3) is 3.32. The van der Waals surface area contributed by atoms with Gasteiger partial charge >= 0.3 is 0 Å². The number of ether oxygens (including phenoxy) is 1. The molecule has 0 bridgehead atoms. The van der Waals surface area contributed by atoms with Gasteiger partial charge in [-0.15, -0.1) is 10.2 Å². The predicted octanol–water partition coefficient (Wildman–Crippen LogP) is 5.51. The van der Waals surface area contributed by atoms with Crippen molar-refractivity contribution in [2.45, 2.75) is 6.54 Å². The zero-order valence-electron chi connectivity index (χ0n) is 14.4. The number of hydrogen-bond donors (Lipinski definition) is 0. The standard InChI is InChI=1S/C21H18N4O/c1-26-18-13-11-17(12-14-18)23-24-21-22-19-9-5-6-10-20(19)25(21)15-16-7-3-2-4-8-16/h2-14H,15H2,1H3/b24-23+. The number of aromatic nitrogens is 2. The average molecular weight is 342 g/mol. The minimum Gasteiger partial charge on any atom is -0.497 e. The Balaban J connectivity index is 1.71. The maximum atomic E-state index is 5.17. The van der Waals surface area contributed by atoms with Crippen LogP contribution in [-0.4, -0.2) is 16.7 Å². The Labute approximate surface area is 151 Å². The molecule has 0 atom stereocenters. The van der Waals surface area contributed by atoms with E-state index < -0.39 is 0 Å². The van der Waals surface area contributed by atoms with Crippen LogP contribution in [0.4, 0.5) is 11.6 Å². The Morgan fingerprint density at radius 3 is 2.35 bits per heavy atom. The van der Waals surface area contributed by atoms with Crippen LogP contribution in [-0.2, 0) is 6.54 Å². The largest absolute Gasteiger partial charge is 0.497 e. The molecule has 0 aliphatic carbocycles. The van der Waals surface area contributed by atoms with Crippen LogP contribution in [0.1, 0.15) is 5.56 Å². The van der Waals surface area contributed by atoms with Crippen LogP contribution >= 0.6 is 0 Å². The van der Waals surface area contributed by atoms with Crippen LogP contribution in [0.3, 0.4) is 0 Å². The van der Waals surface area contributed by atoms with Crippen LogP contribution in [0.15, 0.2) is 89.1 Å². The number of fused-ring (bicyclic) bond motifs is 1. The van der Waals surface area contributed by atoms with Gasteiger partial charge in [-0.3, -0.25) is 0 Å². The number of imidazole rings is 1. The van der Waals surface area contributed by atoms with E-state index in [0.29, 0.717) is 12.5 Å². The molecular weight excluding hydrogens is 324 g/mol. The summed E-state index contributed by atoms with van der Waals surface area (Å²) in [5, 5.41) is 8.74. The summed E-state index contributed by atoms with van der Waals surface area (Å²) in [7, 11) is 1.64. The molecule has 4 rings (SSSR count). The fourth-order valence-electron chi connectivity index (χ4n) is 2.81. The molecule has 26 heavy (non-hydrogen) atoms. The monoisotopic (exact) mass is 342 g/mol. The number of methoxy groups -OCH3 is 1. The Kier molecular flexibility index (Phi) is 4.43. The second-order valence-corrected chi connectivity index (χ2v) is 5.87. The summed E-state index contributed by atoms with van der Waals surface area (Å²) in [5.41, 5.74) is 3.90. The van der Waals surface area contributed by atoms with E-state index in [1.807, 2.05) is 60.7 Å². The summed E-state index contributed by atoms with van der Waals surface area (Å²) in [4.78, 5) is 4.64. The van der Waals surface area contributed by atoms with E-state index in [1.54, 1.807) is 7.11 Å². The molecule has 0 saturated heterocycles. The van der Waals surface area contributed by atoms with Gasteiger partial charge in [-0.1, -0.05) is 42.5 Å². The SMILES string of the molecule is COc1ccc(/N=N/c2nc3ccccc3n2Cc2ccccc2)cc1. The quantitative estimate of drug-likeness (QED) is 0.449. The number of para-hydroxylation sites is 2. The van der Waals surface area contributed by atoms with Crippen molar-refractivity contribution in [2.24, 2.45) is 10.2 Å². The van der Waals surface area contributed by atoms with Gasteiger partial charge in [0.25, 0.3) is 5.95 Å². The first-order valence-electron chi connectivity index (χ1n) is 8.38. The van der Waals surface area contributed by atoms with E-state index >= 15 is 0 Å². The predicted molar refractivity (Wildman–Crippen MR) is 102 cm³/mol. The summed E-state index contributed by atoms with van der Waals surface area (Å²) >= 11 is 0. The van der Waals surface area contributed by atoms with Crippen LogP contribution in [0.25, 0.3) is 11.0 Å². The van der Waals surface area contributed by atoms with Gasteiger partial charge in [0.1, 0.15) is 5.75 Å². The highest BCUT2D eigenvalue weighted by atomic mass is 16.5. The highest BCUT2D eigenvalue weighted by molar-refractivity contribution is 5.78. The van der Waals surface area contributed by atoms with E-state index in [9.17, 15) is 0 Å². The van der Waals surface area contributed by atoms with Gasteiger partial charge < -0.3 is 9.30 Å².